The highest BCUT2D eigenvalue weighted by Gasteiger charge is 2.00. The van der Waals surface area contributed by atoms with Crippen molar-refractivity contribution in [2.75, 3.05) is 24.7 Å². The van der Waals surface area contributed by atoms with Gasteiger partial charge in [0, 0.05) is 34.9 Å². The number of nitrogens with one attached hydrogen (secondary N) is 1. The van der Waals surface area contributed by atoms with Crippen LogP contribution in [0.5, 0.6) is 0 Å². The Hall–Kier alpha value is 0.260. The molecule has 1 aromatic carbocycles. The van der Waals surface area contributed by atoms with Crippen LogP contribution in [0.2, 0.25) is 5.02 Å². The molecule has 96 valence electrons. The summed E-state index contributed by atoms with van der Waals surface area (Å²) < 4.78 is 1.05. The third kappa shape index (κ3) is 6.67. The fourth-order valence-electron chi connectivity index (χ4n) is 1.31. The number of thioether (sulfide) groups is 1. The molecule has 2 N–H and O–H groups in total. The van der Waals surface area contributed by atoms with Crippen molar-refractivity contribution in [1.82, 2.24) is 5.32 Å². The zero-order chi connectivity index (χ0) is 12.5. The van der Waals surface area contributed by atoms with E-state index in [0.717, 1.165) is 46.1 Å². The Kier molecular flexibility index (Phi) is 8.31. The van der Waals surface area contributed by atoms with Crippen molar-refractivity contribution in [3.63, 3.8) is 0 Å². The Morgan fingerprint density at radius 1 is 1.35 bits per heavy atom. The molecule has 2 nitrogen and oxygen atoms in total. The van der Waals surface area contributed by atoms with E-state index in [2.05, 4.69) is 21.2 Å². The highest BCUT2D eigenvalue weighted by atomic mass is 79.9. The van der Waals surface area contributed by atoms with Crippen molar-refractivity contribution in [3.05, 3.63) is 33.3 Å². The molecule has 1 aromatic rings. The normalized spacial score (nSPS) is 10.8. The molecule has 0 fully saturated rings. The lowest BCUT2D eigenvalue weighted by Crippen LogP contribution is -2.17. The van der Waals surface area contributed by atoms with Gasteiger partial charge in [-0.2, -0.15) is 11.8 Å². The standard InChI is InChI=1S/C12H17BrClNOS/c13-11-2-3-12(14)10(8-11)9-15-4-7-17-6-1-5-16/h2-3,8,15-16H,1,4-7,9H2. The van der Waals surface area contributed by atoms with Gasteiger partial charge in [-0.05, 0) is 35.9 Å². The molecule has 0 heterocycles. The average molecular weight is 339 g/mol. The molecule has 17 heavy (non-hydrogen) atoms. The van der Waals surface area contributed by atoms with Crippen molar-refractivity contribution in [2.45, 2.75) is 13.0 Å². The minimum atomic E-state index is 0.286. The summed E-state index contributed by atoms with van der Waals surface area (Å²) in [4.78, 5) is 0. The van der Waals surface area contributed by atoms with Gasteiger partial charge < -0.3 is 10.4 Å². The number of aliphatic hydroxyl groups is 1. The molecule has 0 unspecified atom stereocenters. The van der Waals surface area contributed by atoms with E-state index >= 15 is 0 Å². The van der Waals surface area contributed by atoms with Crippen LogP contribution in [0.1, 0.15) is 12.0 Å². The predicted octanol–water partition coefficient (Wildman–Crippen LogP) is 3.31. The van der Waals surface area contributed by atoms with Crippen molar-refractivity contribution in [2.24, 2.45) is 0 Å². The molecule has 0 atom stereocenters. The summed E-state index contributed by atoms with van der Waals surface area (Å²) in [7, 11) is 0. The van der Waals surface area contributed by atoms with Gasteiger partial charge in [0.05, 0.1) is 0 Å². The fourth-order valence-corrected chi connectivity index (χ4v) is 2.73. The molecule has 0 spiro atoms. The first-order valence-corrected chi connectivity index (χ1v) is 7.90. The quantitative estimate of drug-likeness (QED) is 0.713. The third-order valence-corrected chi connectivity index (χ3v) is 4.13. The predicted molar refractivity (Wildman–Crippen MR) is 79.9 cm³/mol. The van der Waals surface area contributed by atoms with Gasteiger partial charge in [-0.1, -0.05) is 27.5 Å². The Balaban J connectivity index is 2.15. The molecule has 1 rings (SSSR count). The molecular weight excluding hydrogens is 322 g/mol. The summed E-state index contributed by atoms with van der Waals surface area (Å²) in [5.41, 5.74) is 1.11. The van der Waals surface area contributed by atoms with Gasteiger partial charge in [0.1, 0.15) is 0 Å². The Morgan fingerprint density at radius 3 is 2.94 bits per heavy atom. The van der Waals surface area contributed by atoms with Gasteiger partial charge in [-0.25, -0.2) is 0 Å². The van der Waals surface area contributed by atoms with Crippen LogP contribution >= 0.6 is 39.3 Å². The topological polar surface area (TPSA) is 32.3 Å². The first kappa shape index (κ1) is 15.3. The van der Waals surface area contributed by atoms with E-state index in [1.807, 2.05) is 30.0 Å². The summed E-state index contributed by atoms with van der Waals surface area (Å²) in [6.45, 7) is 2.03. The maximum absolute atomic E-state index is 8.63. The van der Waals surface area contributed by atoms with Gasteiger partial charge in [-0.15, -0.1) is 0 Å². The van der Waals surface area contributed by atoms with Crippen LogP contribution < -0.4 is 5.32 Å². The number of hydrogen-bond acceptors (Lipinski definition) is 3. The first-order chi connectivity index (χ1) is 8.24. The van der Waals surface area contributed by atoms with Gasteiger partial charge >= 0.3 is 0 Å². The van der Waals surface area contributed by atoms with E-state index < -0.39 is 0 Å². The SMILES string of the molecule is OCCCSCCNCc1cc(Br)ccc1Cl. The number of benzene rings is 1. The minimum absolute atomic E-state index is 0.286. The van der Waals surface area contributed by atoms with Crippen LogP contribution in [0.4, 0.5) is 0 Å². The van der Waals surface area contributed by atoms with Crippen molar-refractivity contribution in [1.29, 1.82) is 0 Å². The van der Waals surface area contributed by atoms with E-state index in [1.165, 1.54) is 0 Å². The highest BCUT2D eigenvalue weighted by molar-refractivity contribution is 9.10. The summed E-state index contributed by atoms with van der Waals surface area (Å²) in [5.74, 6) is 2.08. The number of rotatable bonds is 8. The van der Waals surface area contributed by atoms with E-state index in [-0.39, 0.29) is 6.61 Å². The summed E-state index contributed by atoms with van der Waals surface area (Å²) >= 11 is 11.4. The van der Waals surface area contributed by atoms with Gasteiger partial charge in [0.25, 0.3) is 0 Å². The van der Waals surface area contributed by atoms with Crippen LogP contribution in [0.25, 0.3) is 0 Å². The Morgan fingerprint density at radius 2 is 2.18 bits per heavy atom. The first-order valence-electron chi connectivity index (χ1n) is 5.57. The second-order valence-corrected chi connectivity index (χ2v) is 6.15. The zero-order valence-electron chi connectivity index (χ0n) is 9.59. The molecule has 5 heteroatoms. The monoisotopic (exact) mass is 337 g/mol. The van der Waals surface area contributed by atoms with E-state index in [1.54, 1.807) is 0 Å². The van der Waals surface area contributed by atoms with Gasteiger partial charge in [0.2, 0.25) is 0 Å². The number of aliphatic hydroxyl groups excluding tert-OH is 1. The fraction of sp³-hybridized carbons (Fsp3) is 0.500. The maximum Gasteiger partial charge on any atom is 0.0451 e. The van der Waals surface area contributed by atoms with Gasteiger partial charge in [-0.3, -0.25) is 0 Å². The second-order valence-electron chi connectivity index (χ2n) is 3.60. The Bertz CT molecular complexity index is 338. The molecular formula is C12H17BrClNOS. The van der Waals surface area contributed by atoms with Crippen molar-refractivity contribution in [3.8, 4) is 0 Å². The lowest BCUT2D eigenvalue weighted by atomic mass is 10.2. The maximum atomic E-state index is 8.63. The molecule has 0 amide bonds. The Labute approximate surface area is 120 Å². The molecule has 0 aliphatic heterocycles. The third-order valence-electron chi connectivity index (χ3n) is 2.19. The molecule has 0 aliphatic carbocycles. The summed E-state index contributed by atoms with van der Waals surface area (Å²) in [6, 6.07) is 5.88. The lowest BCUT2D eigenvalue weighted by molar-refractivity contribution is 0.296. The van der Waals surface area contributed by atoms with Crippen LogP contribution in [0.3, 0.4) is 0 Å². The molecule has 0 aliphatic rings. The highest BCUT2D eigenvalue weighted by Crippen LogP contribution is 2.20. The van der Waals surface area contributed by atoms with E-state index in [4.69, 9.17) is 16.7 Å². The van der Waals surface area contributed by atoms with Crippen LogP contribution in [-0.4, -0.2) is 29.8 Å². The minimum Gasteiger partial charge on any atom is -0.396 e. The van der Waals surface area contributed by atoms with E-state index in [9.17, 15) is 0 Å². The smallest absolute Gasteiger partial charge is 0.0451 e. The van der Waals surface area contributed by atoms with Crippen LogP contribution in [0.15, 0.2) is 22.7 Å². The molecule has 0 aromatic heterocycles. The second kappa shape index (κ2) is 9.22. The van der Waals surface area contributed by atoms with Crippen LogP contribution in [0, 0.1) is 0 Å². The van der Waals surface area contributed by atoms with Crippen molar-refractivity contribution < 1.29 is 5.11 Å². The zero-order valence-corrected chi connectivity index (χ0v) is 12.7. The molecule has 0 saturated heterocycles. The average Bonchev–Trinajstić information content (AvgIpc) is 2.32. The van der Waals surface area contributed by atoms with E-state index in [0.29, 0.717) is 0 Å². The summed E-state index contributed by atoms with van der Waals surface area (Å²) in [6.07, 6.45) is 0.877. The molecule has 0 radical (unpaired) electrons. The molecule has 0 bridgehead atoms. The number of hydrogen-bond donors (Lipinski definition) is 2. The molecule has 0 saturated carbocycles. The van der Waals surface area contributed by atoms with Crippen molar-refractivity contribution >= 4 is 39.3 Å². The van der Waals surface area contributed by atoms with Crippen LogP contribution in [-0.2, 0) is 6.54 Å². The lowest BCUT2D eigenvalue weighted by Gasteiger charge is -2.07. The number of halogens is 2. The largest absolute Gasteiger partial charge is 0.396 e. The summed E-state index contributed by atoms with van der Waals surface area (Å²) in [5, 5.41) is 12.8. The van der Waals surface area contributed by atoms with Gasteiger partial charge in [0.15, 0.2) is 0 Å².